The van der Waals surface area contributed by atoms with Gasteiger partial charge in [-0.05, 0) is 7.05 Å². The second-order valence-electron chi connectivity index (χ2n) is 3.94. The first-order valence-electron chi connectivity index (χ1n) is 5.92. The van der Waals surface area contributed by atoms with Gasteiger partial charge in [-0.15, -0.1) is 0 Å². The summed E-state index contributed by atoms with van der Waals surface area (Å²) >= 11 is 0. The van der Waals surface area contributed by atoms with Crippen LogP contribution in [0.5, 0.6) is 17.2 Å². The lowest BCUT2D eigenvalue weighted by atomic mass is 10.2. The summed E-state index contributed by atoms with van der Waals surface area (Å²) in [6.07, 6.45) is 0. The maximum atomic E-state index is 11.8. The van der Waals surface area contributed by atoms with Crippen molar-refractivity contribution >= 4 is 15.7 Å². The Bertz CT molecular complexity index is 520. The second kappa shape index (κ2) is 7.20. The first kappa shape index (κ1) is 16.4. The SMILES string of the molecule is CNCCS(=O)(=O)Nc1cc(OC)c(OC)c(OC)c1. The van der Waals surface area contributed by atoms with E-state index in [9.17, 15) is 8.42 Å². The maximum Gasteiger partial charge on any atom is 0.233 e. The molecule has 1 aromatic carbocycles. The summed E-state index contributed by atoms with van der Waals surface area (Å²) in [5, 5.41) is 2.78. The van der Waals surface area contributed by atoms with Gasteiger partial charge >= 0.3 is 0 Å². The minimum Gasteiger partial charge on any atom is -0.493 e. The van der Waals surface area contributed by atoms with E-state index in [1.165, 1.54) is 33.5 Å². The standard InChI is InChI=1S/C12H20N2O5S/c1-13-5-6-20(15,16)14-9-7-10(17-2)12(19-4)11(8-9)18-3/h7-8,13-14H,5-6H2,1-4H3. The third-order valence-electron chi connectivity index (χ3n) is 2.56. The normalized spacial score (nSPS) is 11.0. The summed E-state index contributed by atoms with van der Waals surface area (Å²) in [5.41, 5.74) is 0.357. The first-order valence-corrected chi connectivity index (χ1v) is 7.57. The molecule has 0 aromatic heterocycles. The summed E-state index contributed by atoms with van der Waals surface area (Å²) in [6, 6.07) is 3.08. The van der Waals surface area contributed by atoms with Gasteiger partial charge in [0.15, 0.2) is 11.5 Å². The zero-order valence-corrected chi connectivity index (χ0v) is 12.8. The van der Waals surface area contributed by atoms with Crippen molar-refractivity contribution in [3.05, 3.63) is 12.1 Å². The summed E-state index contributed by atoms with van der Waals surface area (Å²) in [4.78, 5) is 0. The molecule has 114 valence electrons. The number of benzene rings is 1. The molecule has 0 heterocycles. The largest absolute Gasteiger partial charge is 0.493 e. The molecule has 8 heteroatoms. The van der Waals surface area contributed by atoms with Crippen molar-refractivity contribution in [2.45, 2.75) is 0 Å². The van der Waals surface area contributed by atoms with E-state index in [0.29, 0.717) is 29.5 Å². The molecular formula is C12H20N2O5S. The van der Waals surface area contributed by atoms with Gasteiger partial charge in [-0.1, -0.05) is 0 Å². The zero-order chi connectivity index (χ0) is 15.2. The topological polar surface area (TPSA) is 85.9 Å². The third kappa shape index (κ3) is 4.17. The van der Waals surface area contributed by atoms with Crippen molar-refractivity contribution in [2.24, 2.45) is 0 Å². The smallest absolute Gasteiger partial charge is 0.233 e. The molecule has 7 nitrogen and oxygen atoms in total. The molecule has 2 N–H and O–H groups in total. The third-order valence-corrected chi connectivity index (χ3v) is 3.85. The van der Waals surface area contributed by atoms with Crippen LogP contribution in [0.3, 0.4) is 0 Å². The molecule has 0 saturated carbocycles. The van der Waals surface area contributed by atoms with Gasteiger partial charge in [-0.25, -0.2) is 8.42 Å². The summed E-state index contributed by atoms with van der Waals surface area (Å²) < 4.78 is 41.7. The van der Waals surface area contributed by atoms with Crippen molar-refractivity contribution in [1.29, 1.82) is 0 Å². The second-order valence-corrected chi connectivity index (χ2v) is 5.78. The Labute approximate surface area is 119 Å². The highest BCUT2D eigenvalue weighted by Crippen LogP contribution is 2.40. The molecule has 20 heavy (non-hydrogen) atoms. The van der Waals surface area contributed by atoms with E-state index in [4.69, 9.17) is 14.2 Å². The van der Waals surface area contributed by atoms with Gasteiger partial charge in [-0.3, -0.25) is 4.72 Å². The lowest BCUT2D eigenvalue weighted by molar-refractivity contribution is 0.325. The van der Waals surface area contributed by atoms with Crippen LogP contribution in [0.1, 0.15) is 0 Å². The molecule has 0 aliphatic heterocycles. The predicted octanol–water partition coefficient (Wildman–Crippen LogP) is 0.673. The average Bonchev–Trinajstić information content (AvgIpc) is 2.43. The Kier molecular flexibility index (Phi) is 5.90. The van der Waals surface area contributed by atoms with E-state index >= 15 is 0 Å². The Morgan fingerprint density at radius 3 is 2.00 bits per heavy atom. The lowest BCUT2D eigenvalue weighted by Crippen LogP contribution is -2.24. The molecule has 0 amide bonds. The van der Waals surface area contributed by atoms with Crippen LogP contribution in [0.25, 0.3) is 0 Å². The van der Waals surface area contributed by atoms with Crippen LogP contribution < -0.4 is 24.2 Å². The Morgan fingerprint density at radius 2 is 1.60 bits per heavy atom. The molecule has 0 saturated heterocycles. The number of methoxy groups -OCH3 is 3. The zero-order valence-electron chi connectivity index (χ0n) is 12.0. The highest BCUT2D eigenvalue weighted by molar-refractivity contribution is 7.92. The van der Waals surface area contributed by atoms with E-state index in [2.05, 4.69) is 10.0 Å². The van der Waals surface area contributed by atoms with Gasteiger partial charge in [0.25, 0.3) is 0 Å². The van der Waals surface area contributed by atoms with Gasteiger partial charge in [-0.2, -0.15) is 0 Å². The Balaban J connectivity index is 3.08. The van der Waals surface area contributed by atoms with E-state index in [1.54, 1.807) is 7.05 Å². The molecule has 0 aliphatic rings. The van der Waals surface area contributed by atoms with Gasteiger partial charge in [0.1, 0.15) is 0 Å². The van der Waals surface area contributed by atoms with Crippen LogP contribution in [-0.2, 0) is 10.0 Å². The average molecular weight is 304 g/mol. The molecule has 1 rings (SSSR count). The first-order chi connectivity index (χ1) is 9.47. The van der Waals surface area contributed by atoms with Crippen LogP contribution in [0, 0.1) is 0 Å². The minimum atomic E-state index is -3.43. The van der Waals surface area contributed by atoms with E-state index in [0.717, 1.165) is 0 Å². The number of hydrogen-bond acceptors (Lipinski definition) is 6. The predicted molar refractivity (Wildman–Crippen MR) is 77.4 cm³/mol. The highest BCUT2D eigenvalue weighted by Gasteiger charge is 2.16. The fourth-order valence-corrected chi connectivity index (χ4v) is 2.66. The fraction of sp³-hybridized carbons (Fsp3) is 0.500. The van der Waals surface area contributed by atoms with Gasteiger partial charge in [0.2, 0.25) is 15.8 Å². The number of ether oxygens (including phenoxy) is 3. The molecular weight excluding hydrogens is 284 g/mol. The van der Waals surface area contributed by atoms with Crippen LogP contribution in [0.2, 0.25) is 0 Å². The number of nitrogens with one attached hydrogen (secondary N) is 2. The van der Waals surface area contributed by atoms with Gasteiger partial charge < -0.3 is 19.5 Å². The molecule has 0 aliphatic carbocycles. The maximum absolute atomic E-state index is 11.8. The summed E-state index contributed by atoms with van der Waals surface area (Å²) in [7, 11) is 2.68. The minimum absolute atomic E-state index is 0.0276. The van der Waals surface area contributed by atoms with Gasteiger partial charge in [0.05, 0.1) is 32.8 Å². The van der Waals surface area contributed by atoms with E-state index in [-0.39, 0.29) is 5.75 Å². The van der Waals surface area contributed by atoms with Crippen molar-refractivity contribution in [1.82, 2.24) is 5.32 Å². The molecule has 0 spiro atoms. The Morgan fingerprint density at radius 1 is 1.05 bits per heavy atom. The lowest BCUT2D eigenvalue weighted by Gasteiger charge is -2.15. The van der Waals surface area contributed by atoms with Crippen molar-refractivity contribution < 1.29 is 22.6 Å². The monoisotopic (exact) mass is 304 g/mol. The fourth-order valence-electron chi connectivity index (χ4n) is 1.61. The van der Waals surface area contributed by atoms with Crippen LogP contribution in [0.15, 0.2) is 12.1 Å². The summed E-state index contributed by atoms with van der Waals surface area (Å²) in [6.45, 7) is 0.361. The van der Waals surface area contributed by atoms with E-state index in [1.807, 2.05) is 0 Å². The summed E-state index contributed by atoms with van der Waals surface area (Å²) in [5.74, 6) is 1.16. The molecule has 0 fully saturated rings. The van der Waals surface area contributed by atoms with E-state index < -0.39 is 10.0 Å². The molecule has 0 atom stereocenters. The van der Waals surface area contributed by atoms with Crippen molar-refractivity contribution in [2.75, 3.05) is 45.4 Å². The molecule has 0 bridgehead atoms. The van der Waals surface area contributed by atoms with Gasteiger partial charge in [0, 0.05) is 18.7 Å². The highest BCUT2D eigenvalue weighted by atomic mass is 32.2. The number of hydrogen-bond donors (Lipinski definition) is 2. The Hall–Kier alpha value is -1.67. The molecule has 0 unspecified atom stereocenters. The number of anilines is 1. The molecule has 1 aromatic rings. The van der Waals surface area contributed by atoms with Crippen LogP contribution >= 0.6 is 0 Å². The number of rotatable bonds is 8. The van der Waals surface area contributed by atoms with Crippen LogP contribution in [0.4, 0.5) is 5.69 Å². The van der Waals surface area contributed by atoms with Crippen LogP contribution in [-0.4, -0.2) is 49.1 Å². The number of sulfonamides is 1. The quantitative estimate of drug-likeness (QED) is 0.734. The van der Waals surface area contributed by atoms with Crippen molar-refractivity contribution in [3.8, 4) is 17.2 Å². The molecule has 0 radical (unpaired) electrons. The van der Waals surface area contributed by atoms with Crippen molar-refractivity contribution in [3.63, 3.8) is 0 Å².